The maximum absolute atomic E-state index is 4.86. The molecule has 0 atom stereocenters. The van der Waals surface area contributed by atoms with Crippen molar-refractivity contribution in [3.8, 4) is 0 Å². The fraction of sp³-hybridized carbons (Fsp3) is 0.250. The van der Waals surface area contributed by atoms with Gasteiger partial charge in [-0.2, -0.15) is 0 Å². The van der Waals surface area contributed by atoms with Crippen molar-refractivity contribution in [3.05, 3.63) is 36.1 Å². The molecule has 3 heteroatoms. The summed E-state index contributed by atoms with van der Waals surface area (Å²) in [6.07, 6.45) is 5.32. The number of allylic oxidation sites excluding steroid dienone is 4. The lowest BCUT2D eigenvalue weighted by Crippen LogP contribution is -1.76. The summed E-state index contributed by atoms with van der Waals surface area (Å²) in [7, 11) is 0. The van der Waals surface area contributed by atoms with Crippen molar-refractivity contribution < 1.29 is 0 Å². The SMILES string of the molecule is C=C/C(=C\C=C(C)C)N=NN. The number of nitrogens with two attached hydrogens (primary N) is 1. The van der Waals surface area contributed by atoms with Crippen LogP contribution in [0.1, 0.15) is 13.8 Å². The Morgan fingerprint density at radius 2 is 2.00 bits per heavy atom. The molecule has 0 heterocycles. The molecule has 0 rings (SSSR count). The predicted molar refractivity (Wildman–Crippen MR) is 46.8 cm³/mol. The lowest BCUT2D eigenvalue weighted by molar-refractivity contribution is 1.03. The summed E-state index contributed by atoms with van der Waals surface area (Å²) in [6.45, 7) is 7.54. The maximum atomic E-state index is 4.86. The Morgan fingerprint density at radius 1 is 1.36 bits per heavy atom. The standard InChI is InChI=1S/C8H13N3/c1-4-8(10-11-9)6-5-7(2)3/h4-6H,1H2,2-3H3,(H2,9,10)/b8-6+. The molecule has 0 spiro atoms. The molecule has 11 heavy (non-hydrogen) atoms. The Hall–Kier alpha value is -1.38. The van der Waals surface area contributed by atoms with Crippen molar-refractivity contribution in [2.75, 3.05) is 0 Å². The highest BCUT2D eigenvalue weighted by Gasteiger charge is 1.82. The second kappa shape index (κ2) is 5.41. The summed E-state index contributed by atoms with van der Waals surface area (Å²) >= 11 is 0. The monoisotopic (exact) mass is 151 g/mol. The summed E-state index contributed by atoms with van der Waals surface area (Å²) in [5.41, 5.74) is 1.85. The first kappa shape index (κ1) is 9.62. The van der Waals surface area contributed by atoms with Crippen molar-refractivity contribution in [1.29, 1.82) is 0 Å². The minimum absolute atomic E-state index is 0.661. The average molecular weight is 151 g/mol. The van der Waals surface area contributed by atoms with Crippen LogP contribution >= 0.6 is 0 Å². The zero-order valence-corrected chi connectivity index (χ0v) is 6.91. The van der Waals surface area contributed by atoms with E-state index in [1.54, 1.807) is 12.2 Å². The molecule has 0 aliphatic carbocycles. The second-order valence-electron chi connectivity index (χ2n) is 2.26. The minimum atomic E-state index is 0.661. The highest BCUT2D eigenvalue weighted by molar-refractivity contribution is 5.21. The lowest BCUT2D eigenvalue weighted by Gasteiger charge is -1.87. The first-order valence-electron chi connectivity index (χ1n) is 3.29. The molecule has 60 valence electrons. The molecular formula is C8H13N3. The van der Waals surface area contributed by atoms with E-state index < -0.39 is 0 Å². The summed E-state index contributed by atoms with van der Waals surface area (Å²) in [5.74, 6) is 4.86. The third kappa shape index (κ3) is 5.08. The summed E-state index contributed by atoms with van der Waals surface area (Å²) in [4.78, 5) is 0. The first-order chi connectivity index (χ1) is 5.20. The van der Waals surface area contributed by atoms with Gasteiger partial charge in [0.25, 0.3) is 0 Å². The lowest BCUT2D eigenvalue weighted by atomic mass is 10.3. The quantitative estimate of drug-likeness (QED) is 0.286. The highest BCUT2D eigenvalue weighted by Crippen LogP contribution is 1.99. The zero-order chi connectivity index (χ0) is 8.69. The zero-order valence-electron chi connectivity index (χ0n) is 6.91. The fourth-order valence-electron chi connectivity index (χ4n) is 0.461. The molecule has 0 aliphatic heterocycles. The van der Waals surface area contributed by atoms with Gasteiger partial charge in [0.15, 0.2) is 0 Å². The molecular weight excluding hydrogens is 138 g/mol. The van der Waals surface area contributed by atoms with Crippen LogP contribution in [-0.2, 0) is 0 Å². The van der Waals surface area contributed by atoms with E-state index in [1.165, 1.54) is 5.57 Å². The van der Waals surface area contributed by atoms with E-state index in [1.807, 2.05) is 19.9 Å². The Balaban J connectivity index is 4.36. The summed E-state index contributed by atoms with van der Waals surface area (Å²) < 4.78 is 0. The van der Waals surface area contributed by atoms with Gasteiger partial charge in [-0.3, -0.25) is 0 Å². The van der Waals surface area contributed by atoms with E-state index in [0.717, 1.165) is 0 Å². The molecule has 3 nitrogen and oxygen atoms in total. The average Bonchev–Trinajstić information content (AvgIpc) is 1.97. The van der Waals surface area contributed by atoms with Gasteiger partial charge in [-0.1, -0.05) is 23.5 Å². The van der Waals surface area contributed by atoms with Crippen molar-refractivity contribution in [3.63, 3.8) is 0 Å². The van der Waals surface area contributed by atoms with E-state index in [4.69, 9.17) is 5.84 Å². The third-order valence-electron chi connectivity index (χ3n) is 0.970. The molecule has 0 saturated heterocycles. The van der Waals surface area contributed by atoms with Crippen LogP contribution in [0.2, 0.25) is 0 Å². The van der Waals surface area contributed by atoms with E-state index in [2.05, 4.69) is 16.9 Å². The van der Waals surface area contributed by atoms with E-state index in [9.17, 15) is 0 Å². The van der Waals surface area contributed by atoms with Gasteiger partial charge in [-0.25, -0.2) is 0 Å². The van der Waals surface area contributed by atoms with Gasteiger partial charge >= 0.3 is 0 Å². The van der Waals surface area contributed by atoms with Crippen LogP contribution in [-0.4, -0.2) is 0 Å². The van der Waals surface area contributed by atoms with Crippen LogP contribution in [0.25, 0.3) is 0 Å². The Bertz CT molecular complexity index is 207. The molecule has 0 aromatic carbocycles. The Labute approximate surface area is 67.0 Å². The van der Waals surface area contributed by atoms with Crippen LogP contribution in [0, 0.1) is 0 Å². The van der Waals surface area contributed by atoms with E-state index in [0.29, 0.717) is 5.70 Å². The van der Waals surface area contributed by atoms with Crippen molar-refractivity contribution in [2.45, 2.75) is 13.8 Å². The summed E-state index contributed by atoms with van der Waals surface area (Å²) in [5, 5.41) is 6.76. The van der Waals surface area contributed by atoms with Crippen LogP contribution in [0.5, 0.6) is 0 Å². The van der Waals surface area contributed by atoms with E-state index >= 15 is 0 Å². The van der Waals surface area contributed by atoms with Crippen LogP contribution in [0.3, 0.4) is 0 Å². The highest BCUT2D eigenvalue weighted by atomic mass is 15.3. The van der Waals surface area contributed by atoms with Gasteiger partial charge in [0.2, 0.25) is 0 Å². The van der Waals surface area contributed by atoms with Gasteiger partial charge in [-0.15, -0.1) is 5.11 Å². The molecule has 0 fully saturated rings. The smallest absolute Gasteiger partial charge is 0.0868 e. The molecule has 0 aliphatic rings. The number of nitrogens with zero attached hydrogens (tertiary/aromatic N) is 2. The third-order valence-corrected chi connectivity index (χ3v) is 0.970. The minimum Gasteiger partial charge on any atom is -0.305 e. The van der Waals surface area contributed by atoms with Gasteiger partial charge in [0.05, 0.1) is 5.70 Å². The van der Waals surface area contributed by atoms with Gasteiger partial charge in [0.1, 0.15) is 0 Å². The fourth-order valence-corrected chi connectivity index (χ4v) is 0.461. The van der Waals surface area contributed by atoms with Gasteiger partial charge < -0.3 is 5.84 Å². The largest absolute Gasteiger partial charge is 0.305 e. The predicted octanol–water partition coefficient (Wildman–Crippen LogP) is 2.35. The molecule has 0 amide bonds. The Morgan fingerprint density at radius 3 is 2.36 bits per heavy atom. The molecule has 0 aromatic heterocycles. The van der Waals surface area contributed by atoms with Gasteiger partial charge in [0, 0.05) is 0 Å². The van der Waals surface area contributed by atoms with E-state index in [-0.39, 0.29) is 0 Å². The molecule has 0 unspecified atom stereocenters. The van der Waals surface area contributed by atoms with Gasteiger partial charge in [-0.05, 0) is 26.0 Å². The number of hydrogen-bond acceptors (Lipinski definition) is 2. The second-order valence-corrected chi connectivity index (χ2v) is 2.26. The molecule has 0 radical (unpaired) electrons. The molecule has 0 bridgehead atoms. The maximum Gasteiger partial charge on any atom is 0.0868 e. The molecule has 0 saturated carbocycles. The normalized spacial score (nSPS) is 11.6. The van der Waals surface area contributed by atoms with Crippen molar-refractivity contribution in [1.82, 2.24) is 0 Å². The first-order valence-corrected chi connectivity index (χ1v) is 3.29. The molecule has 0 aromatic rings. The van der Waals surface area contributed by atoms with Crippen LogP contribution in [0.4, 0.5) is 0 Å². The summed E-state index contributed by atoms with van der Waals surface area (Å²) in [6, 6.07) is 0. The van der Waals surface area contributed by atoms with Crippen LogP contribution < -0.4 is 5.84 Å². The Kier molecular flexibility index (Phi) is 4.73. The number of hydrogen-bond donors (Lipinski definition) is 1. The number of rotatable bonds is 3. The van der Waals surface area contributed by atoms with Crippen molar-refractivity contribution >= 4 is 0 Å². The topological polar surface area (TPSA) is 50.7 Å². The van der Waals surface area contributed by atoms with Crippen LogP contribution in [0.15, 0.2) is 46.4 Å². The molecule has 2 N–H and O–H groups in total. The van der Waals surface area contributed by atoms with Crippen molar-refractivity contribution in [2.24, 2.45) is 16.2 Å².